The summed E-state index contributed by atoms with van der Waals surface area (Å²) in [5.41, 5.74) is 1.03. The molecule has 0 N–H and O–H groups in total. The summed E-state index contributed by atoms with van der Waals surface area (Å²) in [4.78, 5) is 0.729. The Balaban J connectivity index is 1.53. The molecule has 2 aromatic carbocycles. The Morgan fingerprint density at radius 2 is 1.96 bits per heavy atom. The van der Waals surface area contributed by atoms with Crippen molar-refractivity contribution in [3.8, 4) is 22.1 Å². The molecule has 0 radical (unpaired) electrons. The van der Waals surface area contributed by atoms with Crippen LogP contribution in [0, 0.1) is 0 Å². The molecule has 0 saturated heterocycles. The number of hydrogen-bond donors (Lipinski definition) is 0. The lowest BCUT2D eigenvalue weighted by molar-refractivity contribution is 0.0836. The van der Waals surface area contributed by atoms with Gasteiger partial charge in [0.05, 0.1) is 0 Å². The smallest absolute Gasteiger partial charge is 0.235 e. The average molecular weight is 415 g/mol. The molecule has 4 aromatic rings. The zero-order valence-electron chi connectivity index (χ0n) is 12.8. The Bertz CT molecular complexity index is 1080. The van der Waals surface area contributed by atoms with Gasteiger partial charge in [-0.1, -0.05) is 51.5 Å². The molecule has 8 heteroatoms. The van der Waals surface area contributed by atoms with Gasteiger partial charge in [0, 0.05) is 10.0 Å². The molecule has 1 unspecified atom stereocenters. The summed E-state index contributed by atoms with van der Waals surface area (Å²) in [7, 11) is 0. The third-order valence-corrected chi connectivity index (χ3v) is 5.32. The van der Waals surface area contributed by atoms with Gasteiger partial charge in [0.15, 0.2) is 23.4 Å². The van der Waals surface area contributed by atoms with Crippen molar-refractivity contribution in [3.05, 3.63) is 58.8 Å². The van der Waals surface area contributed by atoms with Crippen molar-refractivity contribution in [2.75, 3.05) is 6.61 Å². The Morgan fingerprint density at radius 1 is 1.08 bits per heavy atom. The summed E-state index contributed by atoms with van der Waals surface area (Å²) in [6.07, 6.45) is -0.345. The molecule has 0 saturated carbocycles. The van der Waals surface area contributed by atoms with Gasteiger partial charge in [0.25, 0.3) is 0 Å². The van der Waals surface area contributed by atoms with E-state index in [1.807, 2.05) is 48.5 Å². The zero-order valence-corrected chi connectivity index (χ0v) is 15.2. The Labute approximate surface area is 155 Å². The normalized spacial score (nSPS) is 16.3. The van der Waals surface area contributed by atoms with E-state index in [1.165, 1.54) is 11.3 Å². The second-order valence-corrected chi connectivity index (χ2v) is 7.41. The van der Waals surface area contributed by atoms with E-state index >= 15 is 0 Å². The van der Waals surface area contributed by atoms with Crippen LogP contribution in [0.1, 0.15) is 11.9 Å². The van der Waals surface area contributed by atoms with E-state index in [9.17, 15) is 0 Å². The van der Waals surface area contributed by atoms with E-state index in [-0.39, 0.29) is 6.10 Å². The maximum absolute atomic E-state index is 6.03. The van der Waals surface area contributed by atoms with E-state index in [2.05, 4.69) is 31.2 Å². The summed E-state index contributed by atoms with van der Waals surface area (Å²) < 4.78 is 14.6. The first-order chi connectivity index (χ1) is 12.3. The molecule has 5 rings (SSSR count). The third kappa shape index (κ3) is 2.58. The number of halogens is 1. The van der Waals surface area contributed by atoms with Crippen LogP contribution < -0.4 is 9.47 Å². The molecule has 1 aliphatic heterocycles. The van der Waals surface area contributed by atoms with Gasteiger partial charge in [0.2, 0.25) is 4.96 Å². The molecule has 124 valence electrons. The molecule has 0 bridgehead atoms. The standard InChI is InChI=1S/C17H11BrN4O2S/c18-11-5-3-4-10(8-11)16-21-22-15(19-20-17(22)25-16)14-9-23-12-6-1-2-7-13(12)24-14/h1-8,14H,9H2. The molecular weight excluding hydrogens is 404 g/mol. The second-order valence-electron chi connectivity index (χ2n) is 5.53. The zero-order chi connectivity index (χ0) is 16.8. The molecular formula is C17H11BrN4O2S. The van der Waals surface area contributed by atoms with Gasteiger partial charge in [-0.3, -0.25) is 0 Å². The molecule has 6 nitrogen and oxygen atoms in total. The summed E-state index contributed by atoms with van der Waals surface area (Å²) in [5.74, 6) is 2.09. The highest BCUT2D eigenvalue weighted by atomic mass is 79.9. The van der Waals surface area contributed by atoms with Gasteiger partial charge >= 0.3 is 0 Å². The number of aromatic nitrogens is 4. The van der Waals surface area contributed by atoms with E-state index < -0.39 is 0 Å². The van der Waals surface area contributed by atoms with Crippen LogP contribution in [0.15, 0.2) is 53.0 Å². The number of nitrogens with zero attached hydrogens (tertiary/aromatic N) is 4. The van der Waals surface area contributed by atoms with Gasteiger partial charge in [-0.25, -0.2) is 0 Å². The lowest BCUT2D eigenvalue weighted by Crippen LogP contribution is -2.23. The van der Waals surface area contributed by atoms with Crippen molar-refractivity contribution in [3.63, 3.8) is 0 Å². The summed E-state index contributed by atoms with van der Waals surface area (Å²) in [6, 6.07) is 15.6. The number of ether oxygens (including phenoxy) is 2. The minimum atomic E-state index is -0.345. The third-order valence-electron chi connectivity index (χ3n) is 3.88. The summed E-state index contributed by atoms with van der Waals surface area (Å²) in [6.45, 7) is 0.377. The van der Waals surface area contributed by atoms with E-state index in [0.29, 0.717) is 18.2 Å². The topological polar surface area (TPSA) is 61.5 Å². The fourth-order valence-corrected chi connectivity index (χ4v) is 3.96. The van der Waals surface area contributed by atoms with Crippen LogP contribution in [0.5, 0.6) is 11.5 Å². The van der Waals surface area contributed by atoms with Crippen molar-refractivity contribution in [2.45, 2.75) is 6.10 Å². The molecule has 25 heavy (non-hydrogen) atoms. The average Bonchev–Trinajstić information content (AvgIpc) is 3.22. The van der Waals surface area contributed by atoms with Crippen molar-refractivity contribution >= 4 is 32.2 Å². The maximum atomic E-state index is 6.03. The lowest BCUT2D eigenvalue weighted by Gasteiger charge is -2.24. The van der Waals surface area contributed by atoms with Crippen LogP contribution in [0.3, 0.4) is 0 Å². The van der Waals surface area contributed by atoms with Gasteiger partial charge in [-0.05, 0) is 24.3 Å². The van der Waals surface area contributed by atoms with Crippen LogP contribution in [0.4, 0.5) is 0 Å². The number of fused-ring (bicyclic) bond motifs is 2. The fourth-order valence-electron chi connectivity index (χ4n) is 2.72. The Kier molecular flexibility index (Phi) is 3.46. The van der Waals surface area contributed by atoms with Crippen LogP contribution in [0.2, 0.25) is 0 Å². The predicted molar refractivity (Wildman–Crippen MR) is 97.1 cm³/mol. The molecule has 0 fully saturated rings. The van der Waals surface area contributed by atoms with Crippen LogP contribution in [-0.4, -0.2) is 26.4 Å². The lowest BCUT2D eigenvalue weighted by atomic mass is 10.2. The Morgan fingerprint density at radius 3 is 2.84 bits per heavy atom. The predicted octanol–water partition coefficient (Wildman–Crippen LogP) is 4.13. The highest BCUT2D eigenvalue weighted by Gasteiger charge is 2.28. The SMILES string of the molecule is Brc1cccc(-c2nn3c(C4COc5ccccc5O4)nnc3s2)c1. The van der Waals surface area contributed by atoms with E-state index in [1.54, 1.807) is 4.52 Å². The first kappa shape index (κ1) is 14.9. The number of hydrogen-bond acceptors (Lipinski definition) is 6. The van der Waals surface area contributed by atoms with Gasteiger partial charge in [-0.15, -0.1) is 10.2 Å². The second kappa shape index (κ2) is 5.82. The summed E-state index contributed by atoms with van der Waals surface area (Å²) in [5, 5.41) is 14.0. The monoisotopic (exact) mass is 414 g/mol. The molecule has 3 heterocycles. The molecule has 1 atom stereocenters. The van der Waals surface area contributed by atoms with Gasteiger partial charge in [-0.2, -0.15) is 9.61 Å². The highest BCUT2D eigenvalue weighted by Crippen LogP contribution is 2.36. The molecule has 2 aromatic heterocycles. The first-order valence-electron chi connectivity index (χ1n) is 7.64. The number of rotatable bonds is 2. The highest BCUT2D eigenvalue weighted by molar-refractivity contribution is 9.10. The van der Waals surface area contributed by atoms with Crippen molar-refractivity contribution in [1.29, 1.82) is 0 Å². The molecule has 1 aliphatic rings. The minimum absolute atomic E-state index is 0.345. The maximum Gasteiger partial charge on any atom is 0.235 e. The van der Waals surface area contributed by atoms with Crippen LogP contribution in [0.25, 0.3) is 15.5 Å². The number of para-hydroxylation sites is 2. The summed E-state index contributed by atoms with van der Waals surface area (Å²) >= 11 is 4.98. The molecule has 0 aliphatic carbocycles. The fraction of sp³-hybridized carbons (Fsp3) is 0.118. The minimum Gasteiger partial charge on any atom is -0.485 e. The quantitative estimate of drug-likeness (QED) is 0.493. The van der Waals surface area contributed by atoms with Gasteiger partial charge < -0.3 is 9.47 Å². The Hall–Kier alpha value is -2.45. The van der Waals surface area contributed by atoms with Gasteiger partial charge in [0.1, 0.15) is 11.6 Å². The number of benzene rings is 2. The first-order valence-corrected chi connectivity index (χ1v) is 9.25. The largest absolute Gasteiger partial charge is 0.485 e. The van der Waals surface area contributed by atoms with E-state index in [4.69, 9.17) is 9.47 Å². The molecule has 0 amide bonds. The van der Waals surface area contributed by atoms with Crippen molar-refractivity contribution in [1.82, 2.24) is 19.8 Å². The van der Waals surface area contributed by atoms with Crippen LogP contribution >= 0.6 is 27.3 Å². The van der Waals surface area contributed by atoms with Crippen molar-refractivity contribution in [2.24, 2.45) is 0 Å². The molecule has 0 spiro atoms. The van der Waals surface area contributed by atoms with Crippen LogP contribution in [-0.2, 0) is 0 Å². The van der Waals surface area contributed by atoms with E-state index in [0.717, 1.165) is 25.8 Å². The van der Waals surface area contributed by atoms with Crippen molar-refractivity contribution < 1.29 is 9.47 Å².